The summed E-state index contributed by atoms with van der Waals surface area (Å²) in [7, 11) is 0. The lowest BCUT2D eigenvalue weighted by Gasteiger charge is -2.36. The predicted molar refractivity (Wildman–Crippen MR) is 65.0 cm³/mol. The van der Waals surface area contributed by atoms with Gasteiger partial charge in [-0.05, 0) is 12.8 Å². The number of carboxylic acid groups (broad SMARTS) is 1. The molecule has 2 rings (SSSR count). The van der Waals surface area contributed by atoms with Crippen LogP contribution in [0.3, 0.4) is 0 Å². The molecule has 0 amide bonds. The quantitative estimate of drug-likeness (QED) is 0.765. The normalized spacial score (nSPS) is 26.4. The van der Waals surface area contributed by atoms with Gasteiger partial charge in [0, 0.05) is 19.6 Å². The number of hydrogen-bond acceptors (Lipinski definition) is 3. The van der Waals surface area contributed by atoms with Gasteiger partial charge >= 0.3 is 5.97 Å². The lowest BCUT2D eigenvalue weighted by Crippen LogP contribution is -2.47. The Morgan fingerprint density at radius 1 is 1.12 bits per heavy atom. The summed E-state index contributed by atoms with van der Waals surface area (Å²) >= 11 is 0. The van der Waals surface area contributed by atoms with E-state index in [0.717, 1.165) is 52.0 Å². The van der Waals surface area contributed by atoms with Crippen LogP contribution in [-0.2, 0) is 9.53 Å². The van der Waals surface area contributed by atoms with Gasteiger partial charge < -0.3 is 9.84 Å². The maximum Gasteiger partial charge on any atom is 0.310 e. The van der Waals surface area contributed by atoms with Crippen LogP contribution in [0.15, 0.2) is 0 Å². The number of carboxylic acids is 1. The average molecular weight is 241 g/mol. The van der Waals surface area contributed by atoms with Gasteiger partial charge in [0.25, 0.3) is 0 Å². The highest BCUT2D eigenvalue weighted by Gasteiger charge is 2.40. The van der Waals surface area contributed by atoms with Gasteiger partial charge in [0.1, 0.15) is 0 Å². The minimum Gasteiger partial charge on any atom is -0.481 e. The molecule has 2 aliphatic rings. The van der Waals surface area contributed by atoms with Crippen molar-refractivity contribution in [3.05, 3.63) is 0 Å². The van der Waals surface area contributed by atoms with Crippen LogP contribution in [0.4, 0.5) is 0 Å². The summed E-state index contributed by atoms with van der Waals surface area (Å²) in [5.41, 5.74) is -0.492. The summed E-state index contributed by atoms with van der Waals surface area (Å²) < 4.78 is 5.32. The lowest BCUT2D eigenvalue weighted by molar-refractivity contribution is -0.152. The van der Waals surface area contributed by atoms with Gasteiger partial charge in [-0.3, -0.25) is 9.69 Å². The van der Waals surface area contributed by atoms with Crippen LogP contribution in [-0.4, -0.2) is 48.8 Å². The maximum atomic E-state index is 11.6. The summed E-state index contributed by atoms with van der Waals surface area (Å²) in [4.78, 5) is 13.9. The van der Waals surface area contributed by atoms with Crippen molar-refractivity contribution in [3.63, 3.8) is 0 Å². The molecule has 4 nitrogen and oxygen atoms in total. The molecule has 1 N–H and O–H groups in total. The summed E-state index contributed by atoms with van der Waals surface area (Å²) in [6.07, 6.45) is 6.21. The number of hydrogen-bond donors (Lipinski definition) is 1. The Bertz CT molecular complexity index is 253. The van der Waals surface area contributed by atoms with E-state index in [4.69, 9.17) is 4.74 Å². The Kier molecular flexibility index (Phi) is 4.40. The predicted octanol–water partition coefficient (Wildman–Crippen LogP) is 1.74. The summed E-state index contributed by atoms with van der Waals surface area (Å²) in [5, 5.41) is 9.59. The number of morpholine rings is 1. The molecule has 0 aromatic rings. The highest BCUT2D eigenvalue weighted by Crippen LogP contribution is 2.36. The molecule has 1 saturated heterocycles. The van der Waals surface area contributed by atoms with E-state index < -0.39 is 11.4 Å². The van der Waals surface area contributed by atoms with Crippen LogP contribution in [0, 0.1) is 5.41 Å². The van der Waals surface area contributed by atoms with Crippen LogP contribution in [0.1, 0.15) is 38.5 Å². The Hall–Kier alpha value is -0.610. The number of aliphatic carboxylic acids is 1. The fraction of sp³-hybridized carbons (Fsp3) is 0.923. The van der Waals surface area contributed by atoms with Crippen molar-refractivity contribution in [1.82, 2.24) is 4.90 Å². The highest BCUT2D eigenvalue weighted by atomic mass is 16.5. The molecule has 4 heteroatoms. The minimum absolute atomic E-state index is 0.492. The molecule has 17 heavy (non-hydrogen) atoms. The molecular formula is C13H23NO3. The van der Waals surface area contributed by atoms with Crippen molar-refractivity contribution >= 4 is 5.97 Å². The zero-order chi connectivity index (χ0) is 12.1. The Labute approximate surface area is 103 Å². The van der Waals surface area contributed by atoms with Gasteiger partial charge in [-0.25, -0.2) is 0 Å². The van der Waals surface area contributed by atoms with Crippen LogP contribution >= 0.6 is 0 Å². The molecule has 98 valence electrons. The van der Waals surface area contributed by atoms with Crippen LogP contribution in [0.2, 0.25) is 0 Å². The monoisotopic (exact) mass is 241 g/mol. The van der Waals surface area contributed by atoms with Crippen molar-refractivity contribution in [3.8, 4) is 0 Å². The lowest BCUT2D eigenvalue weighted by atomic mass is 9.80. The smallest absolute Gasteiger partial charge is 0.310 e. The topological polar surface area (TPSA) is 49.8 Å². The van der Waals surface area contributed by atoms with Gasteiger partial charge in [0.2, 0.25) is 0 Å². The molecule has 1 aliphatic heterocycles. The molecule has 0 bridgehead atoms. The van der Waals surface area contributed by atoms with Gasteiger partial charge in [-0.1, -0.05) is 25.7 Å². The fourth-order valence-electron chi connectivity index (χ4n) is 3.03. The molecular weight excluding hydrogens is 218 g/mol. The highest BCUT2D eigenvalue weighted by molar-refractivity contribution is 5.75. The SMILES string of the molecule is O=C(O)C1(CN2CCOCC2)CCCCCC1. The third-order valence-electron chi connectivity index (χ3n) is 4.14. The first-order chi connectivity index (χ1) is 8.23. The van der Waals surface area contributed by atoms with E-state index in [1.54, 1.807) is 0 Å². The second kappa shape index (κ2) is 5.83. The molecule has 1 aliphatic carbocycles. The molecule has 0 aromatic heterocycles. The van der Waals surface area contributed by atoms with Crippen molar-refractivity contribution in [1.29, 1.82) is 0 Å². The average Bonchev–Trinajstić information content (AvgIpc) is 2.57. The molecule has 0 atom stereocenters. The molecule has 1 heterocycles. The van der Waals surface area contributed by atoms with Gasteiger partial charge in [-0.2, -0.15) is 0 Å². The summed E-state index contributed by atoms with van der Waals surface area (Å²) in [6.45, 7) is 3.97. The second-order valence-corrected chi connectivity index (χ2v) is 5.39. The van der Waals surface area contributed by atoms with Crippen LogP contribution in [0.5, 0.6) is 0 Å². The first kappa shape index (κ1) is 12.8. The number of nitrogens with zero attached hydrogens (tertiary/aromatic N) is 1. The first-order valence-electron chi connectivity index (χ1n) is 6.76. The maximum absolute atomic E-state index is 11.6. The Morgan fingerprint density at radius 3 is 2.24 bits per heavy atom. The molecule has 2 fully saturated rings. The zero-order valence-electron chi connectivity index (χ0n) is 10.5. The summed E-state index contributed by atoms with van der Waals surface area (Å²) in [6, 6.07) is 0. The van der Waals surface area contributed by atoms with Crippen molar-refractivity contribution in [2.24, 2.45) is 5.41 Å². The third kappa shape index (κ3) is 3.19. The second-order valence-electron chi connectivity index (χ2n) is 5.39. The van der Waals surface area contributed by atoms with E-state index in [2.05, 4.69) is 4.90 Å². The van der Waals surface area contributed by atoms with E-state index >= 15 is 0 Å². The van der Waals surface area contributed by atoms with Crippen LogP contribution < -0.4 is 0 Å². The van der Waals surface area contributed by atoms with Crippen molar-refractivity contribution in [2.45, 2.75) is 38.5 Å². The number of ether oxygens (including phenoxy) is 1. The van der Waals surface area contributed by atoms with E-state index in [1.807, 2.05) is 0 Å². The Morgan fingerprint density at radius 2 is 1.71 bits per heavy atom. The molecule has 0 unspecified atom stereocenters. The zero-order valence-corrected chi connectivity index (χ0v) is 10.5. The largest absolute Gasteiger partial charge is 0.481 e. The summed E-state index contributed by atoms with van der Waals surface area (Å²) in [5.74, 6) is -0.592. The fourth-order valence-corrected chi connectivity index (χ4v) is 3.03. The van der Waals surface area contributed by atoms with E-state index in [-0.39, 0.29) is 0 Å². The van der Waals surface area contributed by atoms with Crippen molar-refractivity contribution < 1.29 is 14.6 Å². The first-order valence-corrected chi connectivity index (χ1v) is 6.76. The number of rotatable bonds is 3. The van der Waals surface area contributed by atoms with Crippen LogP contribution in [0.25, 0.3) is 0 Å². The van der Waals surface area contributed by atoms with E-state index in [9.17, 15) is 9.90 Å². The van der Waals surface area contributed by atoms with Crippen molar-refractivity contribution in [2.75, 3.05) is 32.8 Å². The molecule has 0 aromatic carbocycles. The van der Waals surface area contributed by atoms with E-state index in [1.165, 1.54) is 12.8 Å². The number of carbonyl (C=O) groups is 1. The molecule has 0 spiro atoms. The minimum atomic E-state index is -0.592. The van der Waals surface area contributed by atoms with Gasteiger partial charge in [0.05, 0.1) is 18.6 Å². The van der Waals surface area contributed by atoms with Gasteiger partial charge in [0.15, 0.2) is 0 Å². The third-order valence-corrected chi connectivity index (χ3v) is 4.14. The molecule has 1 saturated carbocycles. The standard InChI is InChI=1S/C13H23NO3/c15-12(16)13(5-3-1-2-4-6-13)11-14-7-9-17-10-8-14/h1-11H2,(H,15,16). The molecule has 0 radical (unpaired) electrons. The van der Waals surface area contributed by atoms with E-state index in [0.29, 0.717) is 6.54 Å². The van der Waals surface area contributed by atoms with Gasteiger partial charge in [-0.15, -0.1) is 0 Å². The Balaban J connectivity index is 2.01.